The Morgan fingerprint density at radius 3 is 2.14 bits per heavy atom. The van der Waals surface area contributed by atoms with Gasteiger partial charge < -0.3 is 0 Å². The summed E-state index contributed by atoms with van der Waals surface area (Å²) >= 11 is 0. The zero-order valence-electron chi connectivity index (χ0n) is 12.5. The van der Waals surface area contributed by atoms with Gasteiger partial charge in [0.15, 0.2) is 0 Å². The Morgan fingerprint density at radius 1 is 1.00 bits per heavy atom. The van der Waals surface area contributed by atoms with Gasteiger partial charge >= 0.3 is 0 Å². The van der Waals surface area contributed by atoms with Crippen molar-refractivity contribution in [3.63, 3.8) is 0 Å². The minimum Gasteiger partial charge on any atom is -0.289 e. The maximum atomic E-state index is 14.3. The molecule has 1 fully saturated rings. The van der Waals surface area contributed by atoms with E-state index in [-0.39, 0.29) is 6.04 Å². The smallest absolute Gasteiger partial charge is 0.123 e. The minimum atomic E-state index is -0.960. The Morgan fingerprint density at radius 2 is 1.57 bits per heavy atom. The van der Waals surface area contributed by atoms with Crippen LogP contribution in [0.1, 0.15) is 36.9 Å². The highest BCUT2D eigenvalue weighted by Crippen LogP contribution is 2.42. The number of alkyl halides is 1. The number of hydrogen-bond acceptors (Lipinski definition) is 1. The molecular formula is C19H22FN. The van der Waals surface area contributed by atoms with Gasteiger partial charge in [-0.25, -0.2) is 4.39 Å². The van der Waals surface area contributed by atoms with Crippen LogP contribution in [-0.2, 0) is 6.54 Å². The zero-order chi connectivity index (χ0) is 14.7. The van der Waals surface area contributed by atoms with E-state index in [4.69, 9.17) is 0 Å². The summed E-state index contributed by atoms with van der Waals surface area (Å²) < 4.78 is 14.3. The molecule has 0 spiro atoms. The molecule has 1 saturated carbocycles. The number of hydrogen-bond donors (Lipinski definition) is 0. The van der Waals surface area contributed by atoms with Gasteiger partial charge in [-0.3, -0.25) is 4.90 Å². The van der Waals surface area contributed by atoms with Gasteiger partial charge in [-0.05, 0) is 30.9 Å². The topological polar surface area (TPSA) is 3.24 Å². The van der Waals surface area contributed by atoms with Crippen molar-refractivity contribution in [3.8, 4) is 0 Å². The molecule has 0 N–H and O–H groups in total. The molecule has 0 aromatic heterocycles. The largest absolute Gasteiger partial charge is 0.289 e. The van der Waals surface area contributed by atoms with Gasteiger partial charge in [-0.1, -0.05) is 60.7 Å². The van der Waals surface area contributed by atoms with Crippen LogP contribution in [0.25, 0.3) is 0 Å². The predicted molar refractivity (Wildman–Crippen MR) is 84.8 cm³/mol. The van der Waals surface area contributed by atoms with Crippen molar-refractivity contribution in [3.05, 3.63) is 71.8 Å². The Kier molecular flexibility index (Phi) is 4.07. The van der Waals surface area contributed by atoms with Gasteiger partial charge in [0, 0.05) is 19.1 Å². The van der Waals surface area contributed by atoms with Gasteiger partial charge in [0.05, 0.1) is 0 Å². The molecule has 21 heavy (non-hydrogen) atoms. The standard InChI is InChI=1S/C19H22FN/c1-16(18-10-6-3-7-11-18)21(15-19(20)12-13-19)14-17-8-4-2-5-9-17/h2-11,16H,12-15H2,1H3/t16-/m1/s1. The quantitative estimate of drug-likeness (QED) is 0.739. The van der Waals surface area contributed by atoms with E-state index in [9.17, 15) is 4.39 Å². The lowest BCUT2D eigenvalue weighted by molar-refractivity contribution is 0.131. The second kappa shape index (κ2) is 5.98. The summed E-state index contributed by atoms with van der Waals surface area (Å²) in [5.41, 5.74) is 1.53. The van der Waals surface area contributed by atoms with Crippen LogP contribution < -0.4 is 0 Å². The number of halogens is 1. The first-order valence-electron chi connectivity index (χ1n) is 7.68. The molecular weight excluding hydrogens is 261 g/mol. The van der Waals surface area contributed by atoms with Crippen molar-refractivity contribution in [2.24, 2.45) is 0 Å². The van der Waals surface area contributed by atoms with Crippen molar-refractivity contribution in [1.82, 2.24) is 4.90 Å². The monoisotopic (exact) mass is 283 g/mol. The summed E-state index contributed by atoms with van der Waals surface area (Å²) in [6, 6.07) is 20.9. The van der Waals surface area contributed by atoms with E-state index in [1.807, 2.05) is 24.3 Å². The first kappa shape index (κ1) is 14.3. The van der Waals surface area contributed by atoms with Crippen LogP contribution in [0.4, 0.5) is 4.39 Å². The highest BCUT2D eigenvalue weighted by molar-refractivity contribution is 5.20. The zero-order valence-corrected chi connectivity index (χ0v) is 12.5. The van der Waals surface area contributed by atoms with Crippen molar-refractivity contribution in [1.29, 1.82) is 0 Å². The fourth-order valence-corrected chi connectivity index (χ4v) is 2.75. The van der Waals surface area contributed by atoms with E-state index in [1.165, 1.54) is 11.1 Å². The molecule has 0 heterocycles. The third kappa shape index (κ3) is 3.70. The molecule has 110 valence electrons. The third-order valence-corrected chi connectivity index (χ3v) is 4.34. The highest BCUT2D eigenvalue weighted by atomic mass is 19.1. The van der Waals surface area contributed by atoms with Crippen LogP contribution in [0.3, 0.4) is 0 Å². The molecule has 2 aromatic carbocycles. The summed E-state index contributed by atoms with van der Waals surface area (Å²) in [5.74, 6) is 0. The number of benzene rings is 2. The van der Waals surface area contributed by atoms with E-state index >= 15 is 0 Å². The molecule has 0 unspecified atom stereocenters. The molecule has 0 saturated heterocycles. The average Bonchev–Trinajstić information content (AvgIpc) is 3.25. The average molecular weight is 283 g/mol. The van der Waals surface area contributed by atoms with Crippen molar-refractivity contribution < 1.29 is 4.39 Å². The maximum absolute atomic E-state index is 14.3. The van der Waals surface area contributed by atoms with Crippen LogP contribution in [0.5, 0.6) is 0 Å². The molecule has 1 aliphatic carbocycles. The molecule has 2 aromatic rings. The fraction of sp³-hybridized carbons (Fsp3) is 0.368. The minimum absolute atomic E-state index is 0.222. The van der Waals surface area contributed by atoms with Crippen LogP contribution in [0.15, 0.2) is 60.7 Å². The van der Waals surface area contributed by atoms with Crippen molar-refractivity contribution >= 4 is 0 Å². The van der Waals surface area contributed by atoms with Gasteiger partial charge in [-0.15, -0.1) is 0 Å². The van der Waals surface area contributed by atoms with Gasteiger partial charge in [0.25, 0.3) is 0 Å². The summed E-state index contributed by atoms with van der Waals surface area (Å²) in [7, 11) is 0. The first-order chi connectivity index (χ1) is 10.2. The molecule has 1 nitrogen and oxygen atoms in total. The highest BCUT2D eigenvalue weighted by Gasteiger charge is 2.45. The van der Waals surface area contributed by atoms with E-state index in [2.05, 4.69) is 48.2 Å². The van der Waals surface area contributed by atoms with E-state index < -0.39 is 5.67 Å². The lowest BCUT2D eigenvalue weighted by Gasteiger charge is -2.31. The van der Waals surface area contributed by atoms with Crippen LogP contribution in [0.2, 0.25) is 0 Å². The predicted octanol–water partition coefficient (Wildman–Crippen LogP) is 4.75. The van der Waals surface area contributed by atoms with Crippen molar-refractivity contribution in [2.45, 2.75) is 38.0 Å². The number of nitrogens with zero attached hydrogens (tertiary/aromatic N) is 1. The SMILES string of the molecule is C[C@H](c1ccccc1)N(Cc1ccccc1)CC1(F)CC1. The molecule has 3 rings (SSSR count). The van der Waals surface area contributed by atoms with E-state index in [1.54, 1.807) is 0 Å². The van der Waals surface area contributed by atoms with Crippen LogP contribution >= 0.6 is 0 Å². The van der Waals surface area contributed by atoms with E-state index in [0.717, 1.165) is 6.54 Å². The molecule has 1 atom stereocenters. The van der Waals surface area contributed by atoms with Crippen LogP contribution in [-0.4, -0.2) is 17.1 Å². The lowest BCUT2D eigenvalue weighted by atomic mass is 10.1. The Balaban J connectivity index is 1.78. The Labute approximate surface area is 126 Å². The molecule has 1 aliphatic rings. The first-order valence-corrected chi connectivity index (χ1v) is 7.68. The molecule has 0 bridgehead atoms. The lowest BCUT2D eigenvalue weighted by Crippen LogP contribution is -2.33. The normalized spacial score (nSPS) is 17.7. The molecule has 0 radical (unpaired) electrons. The fourth-order valence-electron chi connectivity index (χ4n) is 2.75. The molecule has 0 aliphatic heterocycles. The molecule has 0 amide bonds. The summed E-state index contributed by atoms with van der Waals surface area (Å²) in [5, 5.41) is 0. The second-order valence-corrected chi connectivity index (χ2v) is 6.13. The van der Waals surface area contributed by atoms with Gasteiger partial charge in [0.2, 0.25) is 0 Å². The molecule has 2 heteroatoms. The van der Waals surface area contributed by atoms with E-state index in [0.29, 0.717) is 19.4 Å². The Hall–Kier alpha value is -1.67. The number of rotatable bonds is 6. The maximum Gasteiger partial charge on any atom is 0.123 e. The van der Waals surface area contributed by atoms with Gasteiger partial charge in [-0.2, -0.15) is 0 Å². The second-order valence-electron chi connectivity index (χ2n) is 6.13. The third-order valence-electron chi connectivity index (χ3n) is 4.34. The summed E-state index contributed by atoms with van der Waals surface area (Å²) in [6.45, 7) is 3.49. The summed E-state index contributed by atoms with van der Waals surface area (Å²) in [6.07, 6.45) is 1.42. The Bertz CT molecular complexity index is 563. The summed E-state index contributed by atoms with van der Waals surface area (Å²) in [4.78, 5) is 2.26. The van der Waals surface area contributed by atoms with Gasteiger partial charge in [0.1, 0.15) is 5.67 Å². The van der Waals surface area contributed by atoms with Crippen molar-refractivity contribution in [2.75, 3.05) is 6.54 Å². The van der Waals surface area contributed by atoms with Crippen LogP contribution in [0, 0.1) is 0 Å².